The van der Waals surface area contributed by atoms with E-state index in [2.05, 4.69) is 32.3 Å². The van der Waals surface area contributed by atoms with Gasteiger partial charge in [-0.05, 0) is 38.3 Å². The number of nitrogens with one attached hydrogen (secondary N) is 1. The van der Waals surface area contributed by atoms with E-state index in [0.717, 1.165) is 68.7 Å². The van der Waals surface area contributed by atoms with Crippen LogP contribution in [0.25, 0.3) is 0 Å². The Bertz CT molecular complexity index is 1080. The van der Waals surface area contributed by atoms with Crippen LogP contribution in [0, 0.1) is 5.92 Å². The number of carbonyl (C=O) groups is 2. The molecule has 4 aliphatic rings. The van der Waals surface area contributed by atoms with Crippen molar-refractivity contribution in [2.24, 2.45) is 13.0 Å². The van der Waals surface area contributed by atoms with Crippen molar-refractivity contribution in [3.8, 4) is 0 Å². The minimum absolute atomic E-state index is 0.0359. The number of hydrogen-bond donors (Lipinski definition) is 1. The molecule has 8 heteroatoms. The molecule has 3 fully saturated rings. The topological polar surface area (TPSA) is 73.7 Å². The van der Waals surface area contributed by atoms with Gasteiger partial charge in [0.2, 0.25) is 5.91 Å². The largest absolute Gasteiger partial charge is 0.356 e. The lowest BCUT2D eigenvalue weighted by Gasteiger charge is -2.37. The van der Waals surface area contributed by atoms with Crippen molar-refractivity contribution < 1.29 is 9.59 Å². The third-order valence-electron chi connectivity index (χ3n) is 8.09. The van der Waals surface area contributed by atoms with Crippen LogP contribution < -0.4 is 10.2 Å². The van der Waals surface area contributed by atoms with Crippen LogP contribution in [0.15, 0.2) is 36.7 Å². The molecule has 1 aromatic carbocycles. The first-order valence-corrected chi connectivity index (χ1v) is 12.2. The molecule has 1 aromatic heterocycles. The molecule has 6 rings (SSSR count). The summed E-state index contributed by atoms with van der Waals surface area (Å²) in [5.74, 6) is -0.198. The molecule has 2 aromatic rings. The molecule has 4 aliphatic heterocycles. The summed E-state index contributed by atoms with van der Waals surface area (Å²) in [7, 11) is 1.93. The minimum Gasteiger partial charge on any atom is -0.356 e. The summed E-state index contributed by atoms with van der Waals surface area (Å²) in [6.45, 7) is 4.59. The summed E-state index contributed by atoms with van der Waals surface area (Å²) >= 11 is 0. The summed E-state index contributed by atoms with van der Waals surface area (Å²) < 4.78 is 1.82. The minimum atomic E-state index is -0.852. The Balaban J connectivity index is 1.38. The average Bonchev–Trinajstić information content (AvgIpc) is 3.55. The van der Waals surface area contributed by atoms with Gasteiger partial charge in [-0.15, -0.1) is 0 Å². The number of anilines is 1. The average molecular weight is 449 g/mol. The SMILES string of the molecule is Cn1cc(CN2CCCNC(=O)[C@@H]3C[C@@H]4CCCN4[C@@]34C(=O)N(CC2)c2ccccc24)cn1. The normalized spacial score (nSPS) is 30.4. The Morgan fingerprint density at radius 2 is 2.00 bits per heavy atom. The van der Waals surface area contributed by atoms with Crippen LogP contribution in [0.3, 0.4) is 0 Å². The number of fused-ring (bicyclic) bond motifs is 4. The molecule has 2 bridgehead atoms. The van der Waals surface area contributed by atoms with Gasteiger partial charge in [0, 0.05) is 68.8 Å². The van der Waals surface area contributed by atoms with Crippen LogP contribution in [0.4, 0.5) is 5.69 Å². The van der Waals surface area contributed by atoms with Gasteiger partial charge in [0.15, 0.2) is 0 Å². The molecule has 0 radical (unpaired) electrons. The van der Waals surface area contributed by atoms with Gasteiger partial charge < -0.3 is 10.2 Å². The maximum absolute atomic E-state index is 14.3. The van der Waals surface area contributed by atoms with Crippen molar-refractivity contribution in [2.45, 2.75) is 43.8 Å². The number of para-hydroxylation sites is 1. The van der Waals surface area contributed by atoms with E-state index in [1.807, 2.05) is 41.2 Å². The first-order chi connectivity index (χ1) is 16.1. The quantitative estimate of drug-likeness (QED) is 0.753. The van der Waals surface area contributed by atoms with Crippen LogP contribution >= 0.6 is 0 Å². The Morgan fingerprint density at radius 3 is 2.85 bits per heavy atom. The number of hydrogen-bond acceptors (Lipinski definition) is 5. The number of carbonyl (C=O) groups excluding carboxylic acids is 2. The maximum atomic E-state index is 14.3. The summed E-state index contributed by atoms with van der Waals surface area (Å²) in [5, 5.41) is 7.50. The Labute approximate surface area is 194 Å². The van der Waals surface area contributed by atoms with Gasteiger partial charge >= 0.3 is 0 Å². The van der Waals surface area contributed by atoms with Gasteiger partial charge in [0.05, 0.1) is 12.1 Å². The van der Waals surface area contributed by atoms with E-state index in [4.69, 9.17) is 0 Å². The molecule has 3 atom stereocenters. The van der Waals surface area contributed by atoms with Crippen molar-refractivity contribution in [2.75, 3.05) is 37.6 Å². The molecular weight excluding hydrogens is 416 g/mol. The van der Waals surface area contributed by atoms with Gasteiger partial charge in [-0.1, -0.05) is 18.2 Å². The predicted octanol–water partition coefficient (Wildman–Crippen LogP) is 1.47. The number of amides is 2. The molecule has 5 heterocycles. The molecule has 3 saturated heterocycles. The highest BCUT2D eigenvalue weighted by molar-refractivity contribution is 6.10. The molecule has 0 aliphatic carbocycles. The molecule has 8 nitrogen and oxygen atoms in total. The van der Waals surface area contributed by atoms with Crippen LogP contribution in [0.1, 0.15) is 36.8 Å². The van der Waals surface area contributed by atoms with Gasteiger partial charge in [0.1, 0.15) is 5.54 Å². The molecular formula is C25H32N6O2. The van der Waals surface area contributed by atoms with Gasteiger partial charge in [0.25, 0.3) is 5.91 Å². The number of rotatable bonds is 2. The molecule has 1 spiro atoms. The number of benzene rings is 1. The first-order valence-electron chi connectivity index (χ1n) is 12.2. The number of nitrogens with zero attached hydrogens (tertiary/aromatic N) is 5. The van der Waals surface area contributed by atoms with Crippen molar-refractivity contribution in [3.63, 3.8) is 0 Å². The van der Waals surface area contributed by atoms with Crippen LogP contribution in [-0.2, 0) is 28.7 Å². The highest BCUT2D eigenvalue weighted by Crippen LogP contribution is 2.56. The zero-order chi connectivity index (χ0) is 22.6. The van der Waals surface area contributed by atoms with Crippen LogP contribution in [0.2, 0.25) is 0 Å². The van der Waals surface area contributed by atoms with Crippen molar-refractivity contribution in [1.29, 1.82) is 0 Å². The van der Waals surface area contributed by atoms with E-state index in [1.165, 1.54) is 0 Å². The van der Waals surface area contributed by atoms with Crippen molar-refractivity contribution in [3.05, 3.63) is 47.8 Å². The van der Waals surface area contributed by atoms with E-state index in [0.29, 0.717) is 19.1 Å². The first kappa shape index (κ1) is 20.9. The predicted molar refractivity (Wildman–Crippen MR) is 124 cm³/mol. The Kier molecular flexibility index (Phi) is 5.03. The Hall–Kier alpha value is -2.71. The standard InChI is InChI=1S/C25H32N6O2/c1-28-16-18(15-27-28)17-29-10-5-9-26-23(32)21-14-19-6-4-11-31(19)25(21)20-7-2-3-8-22(20)30(13-12-29)24(25)33/h2-3,7-8,15-16,19,21H,4-6,9-14,17H2,1H3,(H,26,32)/t19-,21-,25+/m0/s1. The lowest BCUT2D eigenvalue weighted by molar-refractivity contribution is -0.139. The second-order valence-electron chi connectivity index (χ2n) is 9.96. The third-order valence-corrected chi connectivity index (χ3v) is 8.09. The van der Waals surface area contributed by atoms with Gasteiger partial charge in [-0.25, -0.2) is 0 Å². The summed E-state index contributed by atoms with van der Waals surface area (Å²) in [6.07, 6.45) is 7.77. The molecule has 2 amide bonds. The lowest BCUT2D eigenvalue weighted by atomic mass is 9.78. The summed E-state index contributed by atoms with van der Waals surface area (Å²) in [6, 6.07) is 8.48. The smallest absolute Gasteiger partial charge is 0.253 e. The number of aromatic nitrogens is 2. The fourth-order valence-corrected chi connectivity index (χ4v) is 6.74. The monoisotopic (exact) mass is 448 g/mol. The highest BCUT2D eigenvalue weighted by Gasteiger charge is 2.67. The fraction of sp³-hybridized carbons (Fsp3) is 0.560. The van der Waals surface area contributed by atoms with E-state index >= 15 is 0 Å². The van der Waals surface area contributed by atoms with Crippen LogP contribution in [0.5, 0.6) is 0 Å². The fourth-order valence-electron chi connectivity index (χ4n) is 6.74. The second kappa shape index (κ2) is 7.95. The molecule has 1 N–H and O–H groups in total. The van der Waals surface area contributed by atoms with E-state index in [-0.39, 0.29) is 17.7 Å². The zero-order valence-corrected chi connectivity index (χ0v) is 19.2. The Morgan fingerprint density at radius 1 is 1.12 bits per heavy atom. The maximum Gasteiger partial charge on any atom is 0.253 e. The van der Waals surface area contributed by atoms with E-state index in [1.54, 1.807) is 0 Å². The van der Waals surface area contributed by atoms with Gasteiger partial charge in [-0.3, -0.25) is 24.1 Å². The van der Waals surface area contributed by atoms with E-state index < -0.39 is 5.54 Å². The van der Waals surface area contributed by atoms with Crippen LogP contribution in [-0.4, -0.2) is 70.2 Å². The molecule has 33 heavy (non-hydrogen) atoms. The van der Waals surface area contributed by atoms with E-state index in [9.17, 15) is 9.59 Å². The van der Waals surface area contributed by atoms with Crippen molar-refractivity contribution >= 4 is 17.5 Å². The molecule has 0 saturated carbocycles. The lowest BCUT2D eigenvalue weighted by Crippen LogP contribution is -2.57. The summed E-state index contributed by atoms with van der Waals surface area (Å²) in [5.41, 5.74) is 2.31. The van der Waals surface area contributed by atoms with Crippen molar-refractivity contribution in [1.82, 2.24) is 24.9 Å². The van der Waals surface area contributed by atoms with Gasteiger partial charge in [-0.2, -0.15) is 5.10 Å². The third kappa shape index (κ3) is 3.14. The zero-order valence-electron chi connectivity index (χ0n) is 19.2. The number of aryl methyl sites for hydroxylation is 1. The summed E-state index contributed by atoms with van der Waals surface area (Å²) in [4.78, 5) is 34.5. The molecule has 0 unspecified atom stereocenters. The molecule has 174 valence electrons. The highest BCUT2D eigenvalue weighted by atomic mass is 16.2. The second-order valence-corrected chi connectivity index (χ2v) is 9.96.